The average molecular weight is 396 g/mol. The summed E-state index contributed by atoms with van der Waals surface area (Å²) < 4.78 is 1.80. The normalized spacial score (nSPS) is 21.1. The molecule has 2 fully saturated rings. The number of nitrogens with zero attached hydrogens (tertiary/aromatic N) is 3. The van der Waals surface area contributed by atoms with Crippen molar-refractivity contribution in [1.82, 2.24) is 20.0 Å². The van der Waals surface area contributed by atoms with E-state index in [1.165, 1.54) is 12.8 Å². The first-order chi connectivity index (χ1) is 13.9. The quantitative estimate of drug-likeness (QED) is 0.716. The third-order valence-corrected chi connectivity index (χ3v) is 6.09. The van der Waals surface area contributed by atoms with E-state index in [2.05, 4.69) is 15.3 Å². The highest BCUT2D eigenvalue weighted by molar-refractivity contribution is 5.95. The molecule has 4 rings (SSSR count). The second kappa shape index (κ2) is 7.99. The molecule has 0 unspecified atom stereocenters. The monoisotopic (exact) mass is 396 g/mol. The largest absolute Gasteiger partial charge is 0.480 e. The Hall–Kier alpha value is -2.67. The summed E-state index contributed by atoms with van der Waals surface area (Å²) in [6.45, 7) is 4.88. The molecule has 2 N–H and O–H groups in total. The van der Waals surface area contributed by atoms with Gasteiger partial charge in [0.2, 0.25) is 0 Å². The molecule has 2 aliphatic rings. The van der Waals surface area contributed by atoms with E-state index in [0.29, 0.717) is 11.5 Å². The van der Waals surface area contributed by atoms with Gasteiger partial charge in [-0.15, -0.1) is 0 Å². The molecule has 2 aromatic rings. The van der Waals surface area contributed by atoms with Crippen molar-refractivity contribution in [1.29, 1.82) is 0 Å². The number of carboxylic acids is 1. The number of aryl methyl sites for hydroxylation is 1. The second-order valence-corrected chi connectivity index (χ2v) is 8.40. The van der Waals surface area contributed by atoms with Crippen molar-refractivity contribution in [3.8, 4) is 5.69 Å². The Morgan fingerprint density at radius 1 is 1.24 bits per heavy atom. The van der Waals surface area contributed by atoms with Crippen LogP contribution in [0.5, 0.6) is 0 Å². The number of benzene rings is 1. The summed E-state index contributed by atoms with van der Waals surface area (Å²) in [6.07, 6.45) is 5.63. The zero-order chi connectivity index (χ0) is 20.5. The lowest BCUT2D eigenvalue weighted by atomic mass is 9.85. The first kappa shape index (κ1) is 19.6. The number of carbonyl (C=O) groups excluding carboxylic acids is 1. The van der Waals surface area contributed by atoms with Gasteiger partial charge in [0, 0.05) is 18.6 Å². The standard InChI is InChI=1S/C22H28N4O3/c1-14-5-3-4-6-20(14)26-15(2)19(11-23-26)22(29)24-17-9-18(10-17)25(13-21(27)28)12-16-7-8-16/h3-6,11,16-18H,7-10,12-13H2,1-2H3,(H,24,29)(H,27,28). The number of rotatable bonds is 8. The van der Waals surface area contributed by atoms with Crippen molar-refractivity contribution in [2.45, 2.75) is 51.6 Å². The van der Waals surface area contributed by atoms with Crippen LogP contribution in [0.1, 0.15) is 47.3 Å². The molecule has 1 aromatic heterocycles. The molecule has 1 amide bonds. The predicted octanol–water partition coefficient (Wildman–Crippen LogP) is 2.55. The summed E-state index contributed by atoms with van der Waals surface area (Å²) in [7, 11) is 0. The van der Waals surface area contributed by atoms with Crippen molar-refractivity contribution in [3.63, 3.8) is 0 Å². The van der Waals surface area contributed by atoms with E-state index in [1.54, 1.807) is 10.9 Å². The maximum atomic E-state index is 12.8. The summed E-state index contributed by atoms with van der Waals surface area (Å²) in [4.78, 5) is 26.0. The van der Waals surface area contributed by atoms with Gasteiger partial charge in [0.15, 0.2) is 0 Å². The minimum atomic E-state index is -0.780. The smallest absolute Gasteiger partial charge is 0.317 e. The lowest BCUT2D eigenvalue weighted by molar-refractivity contribution is -0.139. The lowest BCUT2D eigenvalue weighted by Crippen LogP contribution is -2.55. The summed E-state index contributed by atoms with van der Waals surface area (Å²) in [5.41, 5.74) is 3.46. The second-order valence-electron chi connectivity index (χ2n) is 8.40. The van der Waals surface area contributed by atoms with Crippen LogP contribution in [0, 0.1) is 19.8 Å². The number of para-hydroxylation sites is 1. The molecule has 2 aliphatic carbocycles. The Bertz CT molecular complexity index is 913. The maximum absolute atomic E-state index is 12.8. The summed E-state index contributed by atoms with van der Waals surface area (Å²) in [5, 5.41) is 16.7. The third-order valence-electron chi connectivity index (χ3n) is 6.09. The van der Waals surface area contributed by atoms with Crippen LogP contribution < -0.4 is 5.32 Å². The van der Waals surface area contributed by atoms with E-state index in [0.717, 1.165) is 36.3 Å². The molecule has 29 heavy (non-hydrogen) atoms. The Balaban J connectivity index is 1.36. The van der Waals surface area contributed by atoms with Crippen LogP contribution in [-0.2, 0) is 4.79 Å². The average Bonchev–Trinajstić information content (AvgIpc) is 3.37. The molecule has 1 heterocycles. The van der Waals surface area contributed by atoms with E-state index in [-0.39, 0.29) is 24.5 Å². The lowest BCUT2D eigenvalue weighted by Gasteiger charge is -2.42. The summed E-state index contributed by atoms with van der Waals surface area (Å²) in [5.74, 6) is -0.243. The molecule has 1 aromatic carbocycles. The van der Waals surface area contributed by atoms with Crippen molar-refractivity contribution < 1.29 is 14.7 Å². The van der Waals surface area contributed by atoms with Crippen molar-refractivity contribution >= 4 is 11.9 Å². The van der Waals surface area contributed by atoms with Crippen LogP contribution in [0.3, 0.4) is 0 Å². The molecule has 7 nitrogen and oxygen atoms in total. The van der Waals surface area contributed by atoms with Crippen molar-refractivity contribution in [2.24, 2.45) is 5.92 Å². The molecule has 154 valence electrons. The van der Waals surface area contributed by atoms with Gasteiger partial charge in [-0.05, 0) is 57.1 Å². The first-order valence-corrected chi connectivity index (χ1v) is 10.3. The fraction of sp³-hybridized carbons (Fsp3) is 0.500. The number of amides is 1. The van der Waals surface area contributed by atoms with Gasteiger partial charge < -0.3 is 10.4 Å². The Morgan fingerprint density at radius 3 is 2.62 bits per heavy atom. The molecule has 0 bridgehead atoms. The number of carboxylic acid groups (broad SMARTS) is 1. The highest BCUT2D eigenvalue weighted by atomic mass is 16.4. The van der Waals surface area contributed by atoms with Crippen LogP contribution in [0.25, 0.3) is 5.69 Å². The molecule has 0 aliphatic heterocycles. The number of carbonyl (C=O) groups is 2. The van der Waals surface area contributed by atoms with Crippen molar-refractivity contribution in [3.05, 3.63) is 47.3 Å². The molecule has 7 heteroatoms. The van der Waals surface area contributed by atoms with Crippen LogP contribution in [-0.4, -0.2) is 56.8 Å². The van der Waals surface area contributed by atoms with Crippen LogP contribution in [0.2, 0.25) is 0 Å². The van der Waals surface area contributed by atoms with Crippen LogP contribution >= 0.6 is 0 Å². The summed E-state index contributed by atoms with van der Waals surface area (Å²) in [6, 6.07) is 8.29. The molecule has 0 saturated heterocycles. The predicted molar refractivity (Wildman–Crippen MR) is 109 cm³/mol. The van der Waals surface area contributed by atoms with Crippen molar-refractivity contribution in [2.75, 3.05) is 13.1 Å². The minimum absolute atomic E-state index is 0.0872. The van der Waals surface area contributed by atoms with Gasteiger partial charge in [0.25, 0.3) is 5.91 Å². The number of hydrogen-bond donors (Lipinski definition) is 2. The Morgan fingerprint density at radius 2 is 1.97 bits per heavy atom. The van der Waals surface area contributed by atoms with Gasteiger partial charge in [0.05, 0.1) is 29.7 Å². The topological polar surface area (TPSA) is 87.5 Å². The molecule has 0 spiro atoms. The van der Waals surface area contributed by atoms with Gasteiger partial charge in [-0.3, -0.25) is 14.5 Å². The Kier molecular flexibility index (Phi) is 5.41. The number of aliphatic carboxylic acids is 1. The van der Waals surface area contributed by atoms with Gasteiger partial charge in [-0.25, -0.2) is 4.68 Å². The first-order valence-electron chi connectivity index (χ1n) is 10.3. The fourth-order valence-corrected chi connectivity index (χ4v) is 4.09. The van der Waals surface area contributed by atoms with Gasteiger partial charge in [0.1, 0.15) is 0 Å². The highest BCUT2D eigenvalue weighted by Gasteiger charge is 2.38. The van der Waals surface area contributed by atoms with Gasteiger partial charge in [-0.1, -0.05) is 18.2 Å². The molecule has 0 atom stereocenters. The molecule has 2 saturated carbocycles. The zero-order valence-corrected chi connectivity index (χ0v) is 17.0. The van der Waals surface area contributed by atoms with Crippen LogP contribution in [0.4, 0.5) is 0 Å². The molecule has 0 radical (unpaired) electrons. The van der Waals surface area contributed by atoms with Gasteiger partial charge in [-0.2, -0.15) is 5.10 Å². The van der Waals surface area contributed by atoms with E-state index in [1.807, 2.05) is 38.1 Å². The maximum Gasteiger partial charge on any atom is 0.317 e. The minimum Gasteiger partial charge on any atom is -0.480 e. The van der Waals surface area contributed by atoms with E-state index >= 15 is 0 Å². The highest BCUT2D eigenvalue weighted by Crippen LogP contribution is 2.34. The fourth-order valence-electron chi connectivity index (χ4n) is 4.09. The zero-order valence-electron chi connectivity index (χ0n) is 17.0. The Labute approximate surface area is 170 Å². The number of aromatic nitrogens is 2. The third kappa shape index (κ3) is 4.34. The summed E-state index contributed by atoms with van der Waals surface area (Å²) >= 11 is 0. The number of nitrogens with one attached hydrogen (secondary N) is 1. The SMILES string of the molecule is Cc1ccccc1-n1ncc(C(=O)NC2CC(N(CC(=O)O)CC3CC3)C2)c1C. The van der Waals surface area contributed by atoms with E-state index in [4.69, 9.17) is 0 Å². The van der Waals surface area contributed by atoms with E-state index < -0.39 is 5.97 Å². The number of hydrogen-bond acceptors (Lipinski definition) is 4. The van der Waals surface area contributed by atoms with Gasteiger partial charge >= 0.3 is 5.97 Å². The van der Waals surface area contributed by atoms with E-state index in [9.17, 15) is 14.7 Å². The molecular formula is C22H28N4O3. The molecular weight excluding hydrogens is 368 g/mol. The van der Waals surface area contributed by atoms with Crippen LogP contribution in [0.15, 0.2) is 30.5 Å².